The Hall–Kier alpha value is -0.100. The Morgan fingerprint density at radius 3 is 2.82 bits per heavy atom. The van der Waals surface area contributed by atoms with Crippen LogP contribution in [-0.4, -0.2) is 33.0 Å². The van der Waals surface area contributed by atoms with Gasteiger partial charge < -0.3 is 5.32 Å². The third kappa shape index (κ3) is 3.44. The van der Waals surface area contributed by atoms with E-state index in [-0.39, 0.29) is 12.0 Å². The van der Waals surface area contributed by atoms with Crippen LogP contribution in [-0.2, 0) is 16.3 Å². The quantitative estimate of drug-likeness (QED) is 0.923. The number of halogens is 1. The first-order valence-corrected chi connectivity index (χ1v) is 8.63. The van der Waals surface area contributed by atoms with Crippen LogP contribution in [0.15, 0.2) is 12.1 Å². The van der Waals surface area contributed by atoms with Crippen LogP contribution in [0.4, 0.5) is 0 Å². The summed E-state index contributed by atoms with van der Waals surface area (Å²) in [6.07, 6.45) is 1.63. The molecule has 0 saturated carbocycles. The number of hydrogen-bond acceptors (Lipinski definition) is 4. The van der Waals surface area contributed by atoms with Crippen molar-refractivity contribution in [1.29, 1.82) is 0 Å². The predicted molar refractivity (Wildman–Crippen MR) is 72.6 cm³/mol. The minimum atomic E-state index is -2.80. The Kier molecular flexibility index (Phi) is 4.13. The van der Waals surface area contributed by atoms with Crippen LogP contribution in [0.5, 0.6) is 0 Å². The maximum absolute atomic E-state index is 11.5. The van der Waals surface area contributed by atoms with Gasteiger partial charge in [-0.2, -0.15) is 0 Å². The molecule has 1 saturated heterocycles. The molecule has 3 nitrogen and oxygen atoms in total. The molecule has 2 heterocycles. The van der Waals surface area contributed by atoms with Crippen LogP contribution in [0.25, 0.3) is 0 Å². The van der Waals surface area contributed by atoms with Crippen molar-refractivity contribution in [3.05, 3.63) is 21.3 Å². The van der Waals surface area contributed by atoms with Crippen molar-refractivity contribution in [2.24, 2.45) is 5.92 Å². The van der Waals surface area contributed by atoms with Crippen LogP contribution in [0, 0.1) is 5.92 Å². The molecular weight excluding hydrogens is 278 g/mol. The number of likely N-dealkylation sites (N-methyl/N-ethyl adjacent to an activating group) is 1. The molecular formula is C11H16ClNO2S2. The largest absolute Gasteiger partial charge is 0.316 e. The van der Waals surface area contributed by atoms with Crippen LogP contribution in [0.3, 0.4) is 0 Å². The Morgan fingerprint density at radius 1 is 1.59 bits per heavy atom. The van der Waals surface area contributed by atoms with Crippen molar-refractivity contribution in [3.8, 4) is 0 Å². The van der Waals surface area contributed by atoms with Gasteiger partial charge in [-0.3, -0.25) is 0 Å². The van der Waals surface area contributed by atoms with Gasteiger partial charge in [0.15, 0.2) is 9.84 Å². The molecule has 1 N–H and O–H groups in total. The summed E-state index contributed by atoms with van der Waals surface area (Å²) in [4.78, 5) is 1.21. The van der Waals surface area contributed by atoms with E-state index >= 15 is 0 Å². The Bertz CT molecular complexity index is 483. The van der Waals surface area contributed by atoms with Gasteiger partial charge in [0.2, 0.25) is 0 Å². The highest BCUT2D eigenvalue weighted by Gasteiger charge is 2.33. The van der Waals surface area contributed by atoms with Gasteiger partial charge in [0.25, 0.3) is 0 Å². The molecule has 0 amide bonds. The molecule has 0 aliphatic carbocycles. The molecule has 2 unspecified atom stereocenters. The standard InChI is InChI=1S/C11H16ClNO2S2/c1-13-10(6-9-2-3-11(12)16-9)8-4-5-17(14,15)7-8/h2-3,8,10,13H,4-7H2,1H3. The van der Waals surface area contributed by atoms with Crippen LogP contribution >= 0.6 is 22.9 Å². The summed E-state index contributed by atoms with van der Waals surface area (Å²) in [5, 5.41) is 3.24. The van der Waals surface area contributed by atoms with E-state index in [1.165, 1.54) is 4.88 Å². The lowest BCUT2D eigenvalue weighted by molar-refractivity contribution is 0.405. The number of rotatable bonds is 4. The highest BCUT2D eigenvalue weighted by atomic mass is 35.5. The van der Waals surface area contributed by atoms with Crippen molar-refractivity contribution in [3.63, 3.8) is 0 Å². The zero-order chi connectivity index (χ0) is 12.5. The van der Waals surface area contributed by atoms with E-state index in [4.69, 9.17) is 11.6 Å². The molecule has 1 aromatic heterocycles. The summed E-state index contributed by atoms with van der Waals surface area (Å²) in [5.41, 5.74) is 0. The lowest BCUT2D eigenvalue weighted by Crippen LogP contribution is -2.36. The van der Waals surface area contributed by atoms with Crippen LogP contribution in [0.2, 0.25) is 4.34 Å². The fourth-order valence-corrected chi connectivity index (χ4v) is 5.35. The zero-order valence-electron chi connectivity index (χ0n) is 9.65. The van der Waals surface area contributed by atoms with Crippen molar-refractivity contribution < 1.29 is 8.42 Å². The van der Waals surface area contributed by atoms with Crippen LogP contribution in [0.1, 0.15) is 11.3 Å². The lowest BCUT2D eigenvalue weighted by Gasteiger charge is -2.21. The van der Waals surface area contributed by atoms with Crippen molar-refractivity contribution in [2.75, 3.05) is 18.6 Å². The fraction of sp³-hybridized carbons (Fsp3) is 0.636. The Balaban J connectivity index is 2.02. The molecule has 0 radical (unpaired) electrons. The molecule has 2 rings (SSSR count). The van der Waals surface area contributed by atoms with Crippen molar-refractivity contribution in [1.82, 2.24) is 5.32 Å². The minimum Gasteiger partial charge on any atom is -0.316 e. The lowest BCUT2D eigenvalue weighted by atomic mass is 9.96. The van der Waals surface area contributed by atoms with Gasteiger partial charge in [0.1, 0.15) is 0 Å². The third-order valence-corrected chi connectivity index (χ3v) is 6.30. The number of hydrogen-bond donors (Lipinski definition) is 1. The van der Waals surface area contributed by atoms with E-state index in [0.29, 0.717) is 11.5 Å². The maximum atomic E-state index is 11.5. The Labute approximate surface area is 111 Å². The van der Waals surface area contributed by atoms with E-state index in [2.05, 4.69) is 5.32 Å². The highest BCUT2D eigenvalue weighted by Crippen LogP contribution is 2.27. The normalized spacial score (nSPS) is 24.9. The average Bonchev–Trinajstić information content (AvgIpc) is 2.81. The van der Waals surface area contributed by atoms with Crippen molar-refractivity contribution >= 4 is 32.8 Å². The third-order valence-electron chi connectivity index (χ3n) is 3.26. The fourth-order valence-electron chi connectivity index (χ4n) is 2.32. The summed E-state index contributed by atoms with van der Waals surface area (Å²) in [7, 11) is -0.907. The summed E-state index contributed by atoms with van der Waals surface area (Å²) in [6.45, 7) is 0. The maximum Gasteiger partial charge on any atom is 0.150 e. The molecule has 0 spiro atoms. The SMILES string of the molecule is CNC(Cc1ccc(Cl)s1)C1CCS(=O)(=O)C1. The van der Waals surface area contributed by atoms with Gasteiger partial charge in [-0.1, -0.05) is 11.6 Å². The van der Waals surface area contributed by atoms with Gasteiger partial charge in [0, 0.05) is 10.9 Å². The minimum absolute atomic E-state index is 0.224. The average molecular weight is 294 g/mol. The molecule has 1 aromatic rings. The Morgan fingerprint density at radius 2 is 2.35 bits per heavy atom. The molecule has 0 aromatic carbocycles. The molecule has 2 atom stereocenters. The second-order valence-corrected chi connectivity index (χ2v) is 8.50. The molecule has 96 valence electrons. The molecule has 1 fully saturated rings. The van der Waals surface area contributed by atoms with E-state index in [1.807, 2.05) is 19.2 Å². The second-order valence-electron chi connectivity index (χ2n) is 4.47. The summed E-state index contributed by atoms with van der Waals surface area (Å²) in [5.74, 6) is 0.879. The number of sulfone groups is 1. The number of thiophene rings is 1. The van der Waals surface area contributed by atoms with Crippen LogP contribution < -0.4 is 5.32 Å². The summed E-state index contributed by atoms with van der Waals surface area (Å²) >= 11 is 7.46. The zero-order valence-corrected chi connectivity index (χ0v) is 12.0. The smallest absolute Gasteiger partial charge is 0.150 e. The van der Waals surface area contributed by atoms with E-state index in [1.54, 1.807) is 11.3 Å². The van der Waals surface area contributed by atoms with E-state index < -0.39 is 9.84 Å². The van der Waals surface area contributed by atoms with Gasteiger partial charge in [-0.05, 0) is 37.9 Å². The first-order valence-electron chi connectivity index (χ1n) is 5.62. The molecule has 0 bridgehead atoms. The topological polar surface area (TPSA) is 46.2 Å². The van der Waals surface area contributed by atoms with E-state index in [0.717, 1.165) is 17.2 Å². The number of nitrogens with one attached hydrogen (secondary N) is 1. The monoisotopic (exact) mass is 293 g/mol. The van der Waals surface area contributed by atoms with Gasteiger partial charge in [-0.25, -0.2) is 8.42 Å². The molecule has 1 aliphatic heterocycles. The predicted octanol–water partition coefficient (Wildman–Crippen LogP) is 1.97. The van der Waals surface area contributed by atoms with E-state index in [9.17, 15) is 8.42 Å². The van der Waals surface area contributed by atoms with Crippen molar-refractivity contribution in [2.45, 2.75) is 18.9 Å². The second kappa shape index (κ2) is 5.26. The van der Waals surface area contributed by atoms with Gasteiger partial charge in [0.05, 0.1) is 15.8 Å². The molecule has 17 heavy (non-hydrogen) atoms. The highest BCUT2D eigenvalue weighted by molar-refractivity contribution is 7.91. The summed E-state index contributed by atoms with van der Waals surface area (Å²) in [6, 6.07) is 4.13. The van der Waals surface area contributed by atoms with Gasteiger partial charge >= 0.3 is 0 Å². The first-order chi connectivity index (χ1) is 8.00. The summed E-state index contributed by atoms with van der Waals surface area (Å²) < 4.78 is 23.7. The first kappa shape index (κ1) is 13.3. The van der Waals surface area contributed by atoms with Gasteiger partial charge in [-0.15, -0.1) is 11.3 Å². The molecule has 1 aliphatic rings. The molecule has 6 heteroatoms.